The zero-order valence-electron chi connectivity index (χ0n) is 16.7. The van der Waals surface area contributed by atoms with Gasteiger partial charge >= 0.3 is 0 Å². The fourth-order valence-corrected chi connectivity index (χ4v) is 3.54. The van der Waals surface area contributed by atoms with E-state index in [9.17, 15) is 9.18 Å². The fraction of sp³-hybridized carbons (Fsp3) is 0.409. The van der Waals surface area contributed by atoms with Gasteiger partial charge in [0.2, 0.25) is 5.91 Å². The van der Waals surface area contributed by atoms with Gasteiger partial charge in [0.05, 0.1) is 20.6 Å². The van der Waals surface area contributed by atoms with Crippen molar-refractivity contribution in [1.29, 1.82) is 0 Å². The lowest BCUT2D eigenvalue weighted by molar-refractivity contribution is -0.132. The maximum atomic E-state index is 13.9. The molecule has 0 N–H and O–H groups in total. The molecule has 150 valence electrons. The first-order valence-electron chi connectivity index (χ1n) is 9.46. The Labute approximate surface area is 165 Å². The van der Waals surface area contributed by atoms with Gasteiger partial charge < -0.3 is 14.4 Å². The van der Waals surface area contributed by atoms with Gasteiger partial charge in [-0.25, -0.2) is 4.39 Å². The van der Waals surface area contributed by atoms with Crippen molar-refractivity contribution in [1.82, 2.24) is 9.80 Å². The minimum absolute atomic E-state index is 0.110. The van der Waals surface area contributed by atoms with Gasteiger partial charge in [-0.2, -0.15) is 0 Å². The molecule has 0 atom stereocenters. The van der Waals surface area contributed by atoms with Crippen LogP contribution in [0.3, 0.4) is 0 Å². The van der Waals surface area contributed by atoms with E-state index in [4.69, 9.17) is 9.47 Å². The van der Waals surface area contributed by atoms with E-state index in [0.29, 0.717) is 26.1 Å². The summed E-state index contributed by atoms with van der Waals surface area (Å²) in [5.41, 5.74) is 2.94. The molecule has 6 heteroatoms. The highest BCUT2D eigenvalue weighted by molar-refractivity contribution is 5.79. The predicted molar refractivity (Wildman–Crippen MR) is 106 cm³/mol. The number of benzene rings is 2. The highest BCUT2D eigenvalue weighted by Crippen LogP contribution is 2.22. The van der Waals surface area contributed by atoms with Crippen LogP contribution in [0, 0.1) is 12.7 Å². The second-order valence-corrected chi connectivity index (χ2v) is 7.12. The Balaban J connectivity index is 1.54. The summed E-state index contributed by atoms with van der Waals surface area (Å²) in [6.07, 6.45) is 0.342. The van der Waals surface area contributed by atoms with Crippen molar-refractivity contribution in [2.75, 3.05) is 40.4 Å². The van der Waals surface area contributed by atoms with Crippen LogP contribution in [0.25, 0.3) is 0 Å². The first-order chi connectivity index (χ1) is 13.5. The van der Waals surface area contributed by atoms with E-state index in [2.05, 4.69) is 4.90 Å². The number of halogens is 1. The van der Waals surface area contributed by atoms with Crippen LogP contribution in [-0.4, -0.2) is 56.1 Å². The molecule has 0 radical (unpaired) electrons. The van der Waals surface area contributed by atoms with Crippen LogP contribution in [0.4, 0.5) is 4.39 Å². The van der Waals surface area contributed by atoms with Crippen LogP contribution in [0.5, 0.6) is 11.5 Å². The molecule has 1 aliphatic rings. The van der Waals surface area contributed by atoms with Crippen molar-refractivity contribution >= 4 is 5.91 Å². The lowest BCUT2D eigenvalue weighted by Crippen LogP contribution is -2.48. The summed E-state index contributed by atoms with van der Waals surface area (Å²) >= 11 is 0. The highest BCUT2D eigenvalue weighted by Gasteiger charge is 2.22. The van der Waals surface area contributed by atoms with Crippen molar-refractivity contribution in [3.63, 3.8) is 0 Å². The molecule has 28 heavy (non-hydrogen) atoms. The Hall–Kier alpha value is -2.60. The van der Waals surface area contributed by atoms with Gasteiger partial charge in [-0.15, -0.1) is 0 Å². The normalized spacial score (nSPS) is 14.8. The molecule has 1 amide bonds. The second-order valence-electron chi connectivity index (χ2n) is 7.12. The van der Waals surface area contributed by atoms with E-state index >= 15 is 0 Å². The van der Waals surface area contributed by atoms with Gasteiger partial charge in [0.25, 0.3) is 0 Å². The highest BCUT2D eigenvalue weighted by atomic mass is 19.1. The molecule has 2 aromatic rings. The Morgan fingerprint density at radius 1 is 1.00 bits per heavy atom. The number of rotatable bonds is 6. The molecule has 0 aliphatic carbocycles. The molecule has 0 saturated carbocycles. The summed E-state index contributed by atoms with van der Waals surface area (Å²) in [5, 5.41) is 0. The van der Waals surface area contributed by atoms with Gasteiger partial charge in [0.15, 0.2) is 11.6 Å². The zero-order chi connectivity index (χ0) is 20.1. The van der Waals surface area contributed by atoms with Crippen molar-refractivity contribution < 1.29 is 18.7 Å². The van der Waals surface area contributed by atoms with Crippen LogP contribution >= 0.6 is 0 Å². The number of hydrogen-bond donors (Lipinski definition) is 0. The van der Waals surface area contributed by atoms with E-state index in [0.717, 1.165) is 35.5 Å². The molecule has 5 nitrogen and oxygen atoms in total. The smallest absolute Gasteiger partial charge is 0.227 e. The van der Waals surface area contributed by atoms with Crippen molar-refractivity contribution in [3.05, 3.63) is 58.9 Å². The number of carbonyl (C=O) groups is 1. The molecule has 1 aliphatic heterocycles. The SMILES string of the molecule is COc1ccc(CN2CCN(C(=O)Cc3cc(C)ccc3OC)CC2)cc1F. The Kier molecular flexibility index (Phi) is 6.52. The van der Waals surface area contributed by atoms with E-state index in [-0.39, 0.29) is 17.5 Å². The number of carbonyl (C=O) groups excluding carboxylic acids is 1. The van der Waals surface area contributed by atoms with Gasteiger partial charge in [0.1, 0.15) is 5.75 Å². The zero-order valence-corrected chi connectivity index (χ0v) is 16.7. The maximum absolute atomic E-state index is 13.9. The quantitative estimate of drug-likeness (QED) is 0.765. The summed E-state index contributed by atoms with van der Waals surface area (Å²) in [6.45, 7) is 5.55. The molecule has 1 heterocycles. The summed E-state index contributed by atoms with van der Waals surface area (Å²) in [7, 11) is 3.08. The van der Waals surface area contributed by atoms with Gasteiger partial charge in [-0.3, -0.25) is 9.69 Å². The minimum atomic E-state index is -0.346. The fourth-order valence-electron chi connectivity index (χ4n) is 3.54. The van der Waals surface area contributed by atoms with Crippen LogP contribution in [0.2, 0.25) is 0 Å². The summed E-state index contributed by atoms with van der Waals surface area (Å²) < 4.78 is 24.2. The summed E-state index contributed by atoms with van der Waals surface area (Å²) in [5.74, 6) is 0.768. The average molecular weight is 386 g/mol. The molecule has 0 bridgehead atoms. The average Bonchev–Trinajstić information content (AvgIpc) is 2.69. The van der Waals surface area contributed by atoms with E-state index < -0.39 is 0 Å². The standard InChI is InChI=1S/C22H27FN2O3/c1-16-4-6-20(27-2)18(12-16)14-22(26)25-10-8-24(9-11-25)15-17-5-7-21(28-3)19(23)13-17/h4-7,12-13H,8-11,14-15H2,1-3H3. The summed E-state index contributed by atoms with van der Waals surface area (Å²) in [4.78, 5) is 16.8. The van der Waals surface area contributed by atoms with Crippen molar-refractivity contribution in [2.45, 2.75) is 19.9 Å². The number of methoxy groups -OCH3 is 2. The second kappa shape index (κ2) is 9.06. The minimum Gasteiger partial charge on any atom is -0.496 e. The van der Waals surface area contributed by atoms with Crippen LogP contribution in [-0.2, 0) is 17.8 Å². The number of hydrogen-bond acceptors (Lipinski definition) is 4. The third-order valence-corrected chi connectivity index (χ3v) is 5.12. The number of aryl methyl sites for hydroxylation is 1. The van der Waals surface area contributed by atoms with Crippen LogP contribution in [0.15, 0.2) is 36.4 Å². The van der Waals surface area contributed by atoms with Gasteiger partial charge in [-0.1, -0.05) is 23.8 Å². The van der Waals surface area contributed by atoms with Crippen LogP contribution in [0.1, 0.15) is 16.7 Å². The molecule has 1 saturated heterocycles. The lowest BCUT2D eigenvalue weighted by Gasteiger charge is -2.35. The van der Waals surface area contributed by atoms with Crippen LogP contribution < -0.4 is 9.47 Å². The van der Waals surface area contributed by atoms with E-state index in [1.807, 2.05) is 36.1 Å². The molecular weight excluding hydrogens is 359 g/mol. The van der Waals surface area contributed by atoms with Crippen molar-refractivity contribution in [2.24, 2.45) is 0 Å². The predicted octanol–water partition coefficient (Wildman–Crippen LogP) is 3.04. The molecule has 2 aromatic carbocycles. The monoisotopic (exact) mass is 386 g/mol. The molecule has 0 spiro atoms. The maximum Gasteiger partial charge on any atom is 0.227 e. The van der Waals surface area contributed by atoms with Gasteiger partial charge in [0, 0.05) is 38.3 Å². The van der Waals surface area contributed by atoms with E-state index in [1.165, 1.54) is 13.2 Å². The van der Waals surface area contributed by atoms with Crippen molar-refractivity contribution in [3.8, 4) is 11.5 Å². The number of ether oxygens (including phenoxy) is 2. The molecule has 1 fully saturated rings. The van der Waals surface area contributed by atoms with Gasteiger partial charge in [-0.05, 0) is 30.7 Å². The first kappa shape index (κ1) is 20.1. The Morgan fingerprint density at radius 3 is 2.32 bits per heavy atom. The third-order valence-electron chi connectivity index (χ3n) is 5.12. The number of nitrogens with zero attached hydrogens (tertiary/aromatic N) is 2. The van der Waals surface area contributed by atoms with E-state index in [1.54, 1.807) is 13.2 Å². The lowest BCUT2D eigenvalue weighted by atomic mass is 10.1. The molecule has 3 rings (SSSR count). The number of amides is 1. The topological polar surface area (TPSA) is 42.0 Å². The Morgan fingerprint density at radius 2 is 1.68 bits per heavy atom. The molecule has 0 unspecified atom stereocenters. The largest absolute Gasteiger partial charge is 0.496 e. The Bertz CT molecular complexity index is 833. The number of piperazine rings is 1. The third kappa shape index (κ3) is 4.81. The molecule has 0 aromatic heterocycles. The summed E-state index contributed by atoms with van der Waals surface area (Å²) in [6, 6.07) is 10.9. The first-order valence-corrected chi connectivity index (χ1v) is 9.46. The molecular formula is C22H27FN2O3.